The molecule has 0 spiro atoms. The van der Waals surface area contributed by atoms with Crippen molar-refractivity contribution in [3.8, 4) is 0 Å². The van der Waals surface area contributed by atoms with Gasteiger partial charge in [-0.15, -0.1) is 0 Å². The van der Waals surface area contributed by atoms with Gasteiger partial charge in [0.25, 0.3) is 0 Å². The van der Waals surface area contributed by atoms with Crippen molar-refractivity contribution in [3.63, 3.8) is 0 Å². The van der Waals surface area contributed by atoms with Crippen molar-refractivity contribution < 1.29 is 14.4 Å². The average molecular weight is 240 g/mol. The minimum absolute atomic E-state index is 0.0330. The van der Waals surface area contributed by atoms with Crippen LogP contribution in [0.3, 0.4) is 0 Å². The second kappa shape index (κ2) is 6.68. The number of hydrogen-bond acceptors (Lipinski definition) is 4. The van der Waals surface area contributed by atoms with E-state index in [1.165, 1.54) is 7.11 Å². The van der Waals surface area contributed by atoms with Gasteiger partial charge in [-0.1, -0.05) is 28.4 Å². The van der Waals surface area contributed by atoms with E-state index in [9.17, 15) is 4.79 Å². The molecule has 0 aliphatic rings. The summed E-state index contributed by atoms with van der Waals surface area (Å²) in [5.74, 6) is -0.620. The molecule has 0 amide bonds. The number of oxime groups is 1. The number of halogens is 2. The molecule has 80 valence electrons. The molecule has 0 unspecified atom stereocenters. The maximum atomic E-state index is 11.3. The first-order valence-electron chi connectivity index (χ1n) is 3.85. The molecule has 0 N–H and O–H groups in total. The van der Waals surface area contributed by atoms with Crippen molar-refractivity contribution in [2.24, 2.45) is 5.16 Å². The number of esters is 1. The van der Waals surface area contributed by atoms with E-state index in [1.807, 2.05) is 0 Å². The van der Waals surface area contributed by atoms with E-state index in [0.717, 1.165) is 0 Å². The fraction of sp³-hybridized carbons (Fsp3) is 0.500. The average Bonchev–Trinajstić information content (AvgIpc) is 2.13. The smallest absolute Gasteiger partial charge is 0.360 e. The fourth-order valence-corrected chi connectivity index (χ4v) is 0.818. The summed E-state index contributed by atoms with van der Waals surface area (Å²) in [6, 6.07) is 0. The van der Waals surface area contributed by atoms with E-state index >= 15 is 0 Å². The monoisotopic (exact) mass is 239 g/mol. The van der Waals surface area contributed by atoms with Gasteiger partial charge in [-0.05, 0) is 13.8 Å². The van der Waals surface area contributed by atoms with Gasteiger partial charge in [0, 0.05) is 5.57 Å². The van der Waals surface area contributed by atoms with Crippen LogP contribution in [-0.4, -0.2) is 25.4 Å². The molecular weight excluding hydrogens is 229 g/mol. The highest BCUT2D eigenvalue weighted by molar-refractivity contribution is 6.59. The SMILES string of the molecule is CCOC(=O)/C(=N\OC)C(C)=C(Cl)Cl. The van der Waals surface area contributed by atoms with Crippen LogP contribution >= 0.6 is 23.2 Å². The van der Waals surface area contributed by atoms with Crippen molar-refractivity contribution in [3.05, 3.63) is 10.1 Å². The van der Waals surface area contributed by atoms with Crippen LogP contribution in [0.25, 0.3) is 0 Å². The van der Waals surface area contributed by atoms with E-state index in [4.69, 9.17) is 27.9 Å². The van der Waals surface area contributed by atoms with Gasteiger partial charge >= 0.3 is 5.97 Å². The Morgan fingerprint density at radius 3 is 2.36 bits per heavy atom. The molecule has 0 aromatic carbocycles. The van der Waals surface area contributed by atoms with E-state index in [0.29, 0.717) is 5.57 Å². The Bertz CT molecular complexity index is 270. The molecule has 0 radical (unpaired) electrons. The van der Waals surface area contributed by atoms with Crippen LogP contribution in [0, 0.1) is 0 Å². The molecule has 0 fully saturated rings. The zero-order valence-electron chi connectivity index (χ0n) is 8.13. The molecular formula is C8H11Cl2NO3. The third-order valence-electron chi connectivity index (χ3n) is 1.29. The van der Waals surface area contributed by atoms with E-state index in [-0.39, 0.29) is 16.8 Å². The third kappa shape index (κ3) is 3.98. The van der Waals surface area contributed by atoms with Crippen LogP contribution in [0.5, 0.6) is 0 Å². The first kappa shape index (κ1) is 13.3. The predicted molar refractivity (Wildman–Crippen MR) is 55.5 cm³/mol. The quantitative estimate of drug-likeness (QED) is 0.430. The van der Waals surface area contributed by atoms with E-state index in [1.54, 1.807) is 13.8 Å². The van der Waals surface area contributed by atoms with Crippen LogP contribution in [0.15, 0.2) is 15.2 Å². The molecule has 0 aromatic heterocycles. The summed E-state index contributed by atoms with van der Waals surface area (Å²) in [7, 11) is 1.31. The lowest BCUT2D eigenvalue weighted by Crippen LogP contribution is -2.19. The first-order chi connectivity index (χ1) is 6.54. The van der Waals surface area contributed by atoms with Crippen molar-refractivity contribution >= 4 is 34.9 Å². The molecule has 14 heavy (non-hydrogen) atoms. The number of carbonyl (C=O) groups is 1. The largest absolute Gasteiger partial charge is 0.461 e. The van der Waals surface area contributed by atoms with Gasteiger partial charge in [0.05, 0.1) is 6.61 Å². The molecule has 0 saturated carbocycles. The maximum Gasteiger partial charge on any atom is 0.360 e. The summed E-state index contributed by atoms with van der Waals surface area (Å²) in [4.78, 5) is 15.8. The summed E-state index contributed by atoms with van der Waals surface area (Å²) in [5, 5.41) is 3.48. The topological polar surface area (TPSA) is 47.9 Å². The van der Waals surface area contributed by atoms with Crippen molar-refractivity contribution in [1.82, 2.24) is 0 Å². The highest BCUT2D eigenvalue weighted by Gasteiger charge is 2.17. The van der Waals surface area contributed by atoms with Crippen LogP contribution < -0.4 is 0 Å². The second-order valence-electron chi connectivity index (χ2n) is 2.23. The highest BCUT2D eigenvalue weighted by Crippen LogP contribution is 2.15. The summed E-state index contributed by atoms with van der Waals surface area (Å²) in [6.45, 7) is 3.47. The van der Waals surface area contributed by atoms with Gasteiger partial charge < -0.3 is 9.57 Å². The molecule has 0 rings (SSSR count). The zero-order chi connectivity index (χ0) is 11.1. The molecule has 0 aliphatic carbocycles. The molecule has 6 heteroatoms. The van der Waals surface area contributed by atoms with Gasteiger partial charge in [-0.25, -0.2) is 4.79 Å². The van der Waals surface area contributed by atoms with Gasteiger partial charge in [0.2, 0.25) is 0 Å². The predicted octanol–water partition coefficient (Wildman–Crippen LogP) is 2.26. The first-order valence-corrected chi connectivity index (χ1v) is 4.60. The number of hydrogen-bond donors (Lipinski definition) is 0. The number of nitrogens with zero attached hydrogens (tertiary/aromatic N) is 1. The Balaban J connectivity index is 4.89. The number of carbonyl (C=O) groups excluding carboxylic acids is 1. The van der Waals surface area contributed by atoms with Crippen LogP contribution in [-0.2, 0) is 14.4 Å². The zero-order valence-corrected chi connectivity index (χ0v) is 9.65. The Morgan fingerprint density at radius 2 is 2.00 bits per heavy atom. The highest BCUT2D eigenvalue weighted by atomic mass is 35.5. The Kier molecular flexibility index (Phi) is 6.32. The second-order valence-corrected chi connectivity index (χ2v) is 3.18. The van der Waals surface area contributed by atoms with Gasteiger partial charge in [-0.2, -0.15) is 0 Å². The van der Waals surface area contributed by atoms with E-state index < -0.39 is 5.97 Å². The molecule has 0 aromatic rings. The fourth-order valence-electron chi connectivity index (χ4n) is 0.639. The lowest BCUT2D eigenvalue weighted by atomic mass is 10.2. The molecule has 0 saturated heterocycles. The molecule has 0 aliphatic heterocycles. The minimum atomic E-state index is -0.620. The Morgan fingerprint density at radius 1 is 1.43 bits per heavy atom. The molecule has 0 atom stereocenters. The Labute approximate surface area is 92.4 Å². The molecule has 0 bridgehead atoms. The van der Waals surface area contributed by atoms with Crippen LogP contribution in [0.4, 0.5) is 0 Å². The normalized spacial score (nSPS) is 10.8. The van der Waals surface area contributed by atoms with Gasteiger partial charge in [0.15, 0.2) is 5.71 Å². The minimum Gasteiger partial charge on any atom is -0.461 e. The molecule has 0 heterocycles. The summed E-state index contributed by atoms with van der Waals surface area (Å²) >= 11 is 11.0. The lowest BCUT2D eigenvalue weighted by Gasteiger charge is -2.04. The summed E-state index contributed by atoms with van der Waals surface area (Å²) in [5.41, 5.74) is 0.281. The van der Waals surface area contributed by atoms with Crippen LogP contribution in [0.1, 0.15) is 13.8 Å². The van der Waals surface area contributed by atoms with E-state index in [2.05, 4.69) is 9.99 Å². The third-order valence-corrected chi connectivity index (χ3v) is 1.86. The number of rotatable bonds is 4. The Hall–Kier alpha value is -0.740. The van der Waals surface area contributed by atoms with Crippen molar-refractivity contribution in [2.75, 3.05) is 13.7 Å². The van der Waals surface area contributed by atoms with Gasteiger partial charge in [-0.3, -0.25) is 0 Å². The number of ether oxygens (including phenoxy) is 1. The van der Waals surface area contributed by atoms with Gasteiger partial charge in [0.1, 0.15) is 11.6 Å². The summed E-state index contributed by atoms with van der Waals surface area (Å²) in [6.07, 6.45) is 0. The van der Waals surface area contributed by atoms with Crippen molar-refractivity contribution in [1.29, 1.82) is 0 Å². The maximum absolute atomic E-state index is 11.3. The van der Waals surface area contributed by atoms with Crippen LogP contribution in [0.2, 0.25) is 0 Å². The standard InChI is InChI=1S/C8H11Cl2NO3/c1-4-14-8(12)6(11-13-3)5(2)7(9)10/h4H2,1-3H3/b11-6-. The lowest BCUT2D eigenvalue weighted by molar-refractivity contribution is -0.135. The van der Waals surface area contributed by atoms with Crippen molar-refractivity contribution in [2.45, 2.75) is 13.8 Å². The summed E-state index contributed by atoms with van der Waals surface area (Å²) < 4.78 is 4.68. The molecule has 4 nitrogen and oxygen atoms in total.